The van der Waals surface area contributed by atoms with E-state index < -0.39 is 0 Å². The molecule has 2 saturated carbocycles. The van der Waals surface area contributed by atoms with Crippen LogP contribution in [0.1, 0.15) is 25.7 Å². The maximum atomic E-state index is 11.5. The second kappa shape index (κ2) is 2.47. The Bertz CT molecular complexity index is 251. The first kappa shape index (κ1) is 7.80. The molecule has 5 atom stereocenters. The molecule has 4 aliphatic rings. The molecule has 0 aromatic carbocycles. The van der Waals surface area contributed by atoms with Crippen LogP contribution in [0, 0.1) is 17.8 Å². The molecule has 0 aromatic rings. The lowest BCUT2D eigenvalue weighted by Gasteiger charge is -2.39. The van der Waals surface area contributed by atoms with Gasteiger partial charge in [-0.05, 0) is 37.5 Å². The molecule has 1 N–H and O–H groups in total. The molecule has 4 bridgehead atoms. The van der Waals surface area contributed by atoms with Gasteiger partial charge in [0.15, 0.2) is 0 Å². The zero-order valence-corrected chi connectivity index (χ0v) is 7.48. The Morgan fingerprint density at radius 3 is 2.92 bits per heavy atom. The molecule has 4 fully saturated rings. The van der Waals surface area contributed by atoms with Crippen LogP contribution in [0.25, 0.3) is 0 Å². The lowest BCUT2D eigenvalue weighted by Crippen LogP contribution is -2.42. The summed E-state index contributed by atoms with van der Waals surface area (Å²) in [7, 11) is 0. The SMILES string of the molecule is O=C1O[C@H]2C[C@H]3C[C@@H]1C[C@H](C3)C2O. The van der Waals surface area contributed by atoms with Crippen molar-refractivity contribution in [2.45, 2.75) is 37.9 Å². The molecule has 1 unspecified atom stereocenters. The quantitative estimate of drug-likeness (QED) is 0.561. The highest BCUT2D eigenvalue weighted by molar-refractivity contribution is 5.73. The largest absolute Gasteiger partial charge is 0.459 e. The number of hydrogen-bond donors (Lipinski definition) is 1. The van der Waals surface area contributed by atoms with E-state index in [2.05, 4.69) is 0 Å². The van der Waals surface area contributed by atoms with E-state index >= 15 is 0 Å². The average molecular weight is 182 g/mol. The van der Waals surface area contributed by atoms with Gasteiger partial charge in [-0.15, -0.1) is 0 Å². The molecule has 2 aliphatic heterocycles. The zero-order valence-electron chi connectivity index (χ0n) is 7.48. The standard InChI is InChI=1S/C10H14O3/c11-9-6-1-5-2-7(4-6)10(12)13-8(9)3-5/h5-9,11H,1-4H2/t5-,6+,7-,8+,9?/m1/s1. The van der Waals surface area contributed by atoms with Gasteiger partial charge in [-0.2, -0.15) is 0 Å². The molecule has 0 amide bonds. The van der Waals surface area contributed by atoms with Gasteiger partial charge in [0, 0.05) is 0 Å². The maximum absolute atomic E-state index is 11.5. The first-order chi connectivity index (χ1) is 6.24. The summed E-state index contributed by atoms with van der Waals surface area (Å²) in [5.41, 5.74) is 0. The van der Waals surface area contributed by atoms with Crippen LogP contribution >= 0.6 is 0 Å². The molecule has 3 heteroatoms. The normalized spacial score (nSPS) is 53.3. The average Bonchev–Trinajstić information content (AvgIpc) is 2.26. The molecule has 4 rings (SSSR count). The fourth-order valence-electron chi connectivity index (χ4n) is 3.28. The van der Waals surface area contributed by atoms with Crippen LogP contribution in [0.15, 0.2) is 0 Å². The van der Waals surface area contributed by atoms with E-state index in [9.17, 15) is 9.90 Å². The number of carbonyl (C=O) groups excluding carboxylic acids is 1. The van der Waals surface area contributed by atoms with Crippen LogP contribution < -0.4 is 0 Å². The highest BCUT2D eigenvalue weighted by Crippen LogP contribution is 2.46. The van der Waals surface area contributed by atoms with Crippen molar-refractivity contribution in [3.63, 3.8) is 0 Å². The van der Waals surface area contributed by atoms with Gasteiger partial charge in [-0.25, -0.2) is 0 Å². The van der Waals surface area contributed by atoms with Gasteiger partial charge in [-0.1, -0.05) is 0 Å². The monoisotopic (exact) mass is 182 g/mol. The summed E-state index contributed by atoms with van der Waals surface area (Å²) < 4.78 is 5.26. The van der Waals surface area contributed by atoms with Crippen LogP contribution in [0.5, 0.6) is 0 Å². The molecule has 2 aliphatic carbocycles. The topological polar surface area (TPSA) is 46.5 Å². The van der Waals surface area contributed by atoms with Crippen LogP contribution in [0.2, 0.25) is 0 Å². The van der Waals surface area contributed by atoms with Gasteiger partial charge in [0.1, 0.15) is 6.10 Å². The number of esters is 1. The van der Waals surface area contributed by atoms with Gasteiger partial charge >= 0.3 is 5.97 Å². The van der Waals surface area contributed by atoms with Crippen molar-refractivity contribution in [2.24, 2.45) is 17.8 Å². The van der Waals surface area contributed by atoms with Gasteiger partial charge in [0.05, 0.1) is 12.0 Å². The summed E-state index contributed by atoms with van der Waals surface area (Å²) in [5.74, 6) is 0.984. The summed E-state index contributed by atoms with van der Waals surface area (Å²) in [6, 6.07) is 0. The predicted octanol–water partition coefficient (Wildman–Crippen LogP) is 0.709. The first-order valence-corrected chi connectivity index (χ1v) is 5.12. The highest BCUT2D eigenvalue weighted by atomic mass is 16.6. The first-order valence-electron chi connectivity index (χ1n) is 5.12. The summed E-state index contributed by atoms with van der Waals surface area (Å²) >= 11 is 0. The summed E-state index contributed by atoms with van der Waals surface area (Å²) in [6.07, 6.45) is 3.27. The molecule has 13 heavy (non-hydrogen) atoms. The van der Waals surface area contributed by atoms with Gasteiger partial charge in [0.25, 0.3) is 0 Å². The second-order valence-electron chi connectivity index (χ2n) is 4.73. The molecule has 0 radical (unpaired) electrons. The van der Waals surface area contributed by atoms with Crippen molar-refractivity contribution in [1.29, 1.82) is 0 Å². The third-order valence-electron chi connectivity index (χ3n) is 3.87. The molecule has 0 aromatic heterocycles. The lowest BCUT2D eigenvalue weighted by molar-refractivity contribution is -0.156. The van der Waals surface area contributed by atoms with Crippen LogP contribution in [-0.4, -0.2) is 23.3 Å². The van der Waals surface area contributed by atoms with Crippen molar-refractivity contribution < 1.29 is 14.6 Å². The molecular formula is C10H14O3. The second-order valence-corrected chi connectivity index (χ2v) is 4.73. The van der Waals surface area contributed by atoms with Crippen molar-refractivity contribution >= 4 is 5.97 Å². The Labute approximate surface area is 77.1 Å². The van der Waals surface area contributed by atoms with E-state index in [4.69, 9.17) is 4.74 Å². The minimum Gasteiger partial charge on any atom is -0.459 e. The number of carbonyl (C=O) groups is 1. The maximum Gasteiger partial charge on any atom is 0.309 e. The van der Waals surface area contributed by atoms with Crippen LogP contribution in [0.4, 0.5) is 0 Å². The van der Waals surface area contributed by atoms with E-state index in [1.807, 2.05) is 0 Å². The van der Waals surface area contributed by atoms with Gasteiger partial charge in [-0.3, -0.25) is 4.79 Å². The molecule has 3 nitrogen and oxygen atoms in total. The third-order valence-corrected chi connectivity index (χ3v) is 3.87. The summed E-state index contributed by atoms with van der Waals surface area (Å²) in [5, 5.41) is 9.85. The summed E-state index contributed by atoms with van der Waals surface area (Å²) in [6.45, 7) is 0. The number of fused-ring (bicyclic) bond motifs is 1. The van der Waals surface area contributed by atoms with Gasteiger partial charge < -0.3 is 9.84 Å². The lowest BCUT2D eigenvalue weighted by atomic mass is 9.67. The molecule has 2 heterocycles. The van der Waals surface area contributed by atoms with Crippen molar-refractivity contribution in [3.05, 3.63) is 0 Å². The molecule has 72 valence electrons. The Hall–Kier alpha value is -0.570. The fraction of sp³-hybridized carbons (Fsp3) is 0.900. The van der Waals surface area contributed by atoms with E-state index in [1.54, 1.807) is 0 Å². The summed E-state index contributed by atoms with van der Waals surface area (Å²) in [4.78, 5) is 11.5. The fourth-order valence-corrected chi connectivity index (χ4v) is 3.28. The Balaban J connectivity index is 1.98. The Morgan fingerprint density at radius 1 is 1.23 bits per heavy atom. The smallest absolute Gasteiger partial charge is 0.309 e. The van der Waals surface area contributed by atoms with E-state index in [0.29, 0.717) is 11.8 Å². The van der Waals surface area contributed by atoms with E-state index in [1.165, 1.54) is 0 Å². The number of aliphatic hydroxyl groups is 1. The molecular weight excluding hydrogens is 168 g/mol. The third kappa shape index (κ3) is 1.03. The molecule has 0 spiro atoms. The zero-order chi connectivity index (χ0) is 9.00. The predicted molar refractivity (Wildman–Crippen MR) is 44.8 cm³/mol. The van der Waals surface area contributed by atoms with Gasteiger partial charge in [0.2, 0.25) is 0 Å². The highest BCUT2D eigenvalue weighted by Gasteiger charge is 2.49. The van der Waals surface area contributed by atoms with Crippen LogP contribution in [-0.2, 0) is 9.53 Å². The number of rotatable bonds is 0. The number of ether oxygens (including phenoxy) is 1. The Morgan fingerprint density at radius 2 is 2.08 bits per heavy atom. The van der Waals surface area contributed by atoms with Crippen molar-refractivity contribution in [1.82, 2.24) is 0 Å². The minimum absolute atomic E-state index is 0.0613. The molecule has 2 saturated heterocycles. The number of aliphatic hydroxyl groups excluding tert-OH is 1. The van der Waals surface area contributed by atoms with E-state index in [0.717, 1.165) is 25.7 Å². The van der Waals surface area contributed by atoms with Crippen molar-refractivity contribution in [3.8, 4) is 0 Å². The Kier molecular flexibility index (Phi) is 1.48. The van der Waals surface area contributed by atoms with E-state index in [-0.39, 0.29) is 24.1 Å². The number of hydrogen-bond acceptors (Lipinski definition) is 3. The minimum atomic E-state index is -0.384. The van der Waals surface area contributed by atoms with Crippen LogP contribution in [0.3, 0.4) is 0 Å². The van der Waals surface area contributed by atoms with Crippen molar-refractivity contribution in [2.75, 3.05) is 0 Å².